The lowest BCUT2D eigenvalue weighted by molar-refractivity contribution is -0.121. The molecule has 0 aromatic heterocycles. The van der Waals surface area contributed by atoms with E-state index in [2.05, 4.69) is 18.5 Å². The van der Waals surface area contributed by atoms with Gasteiger partial charge in [-0.1, -0.05) is 43.9 Å². The molecule has 0 aliphatic rings. The van der Waals surface area contributed by atoms with Gasteiger partial charge in [-0.15, -0.1) is 13.2 Å². The van der Waals surface area contributed by atoms with Gasteiger partial charge in [0.15, 0.2) is 0 Å². The average Bonchev–Trinajstić information content (AvgIpc) is 2.70. The maximum absolute atomic E-state index is 14.8. The number of carbonyl (C=O) groups is 1. The van der Waals surface area contributed by atoms with Gasteiger partial charge in [-0.3, -0.25) is 9.69 Å². The van der Waals surface area contributed by atoms with E-state index >= 15 is 0 Å². The molecule has 1 N–H and O–H groups in total. The van der Waals surface area contributed by atoms with Crippen LogP contribution in [0.5, 0.6) is 5.75 Å². The molecule has 0 fully saturated rings. The Kier molecular flexibility index (Phi) is 8.30. The Morgan fingerprint density at radius 1 is 1.10 bits per heavy atom. The molecular formula is C24H30F2N2O2Si. The SMILES string of the molecule is C=CCN(CC=C)C(C(=O)Nc1cc(F)c([Si](C)(C)C)cc1F)c1ccc(OC)cc1. The van der Waals surface area contributed by atoms with Crippen molar-refractivity contribution in [3.05, 3.63) is 78.9 Å². The molecule has 1 atom stereocenters. The van der Waals surface area contributed by atoms with Crippen LogP contribution < -0.4 is 15.2 Å². The number of nitrogens with one attached hydrogen (secondary N) is 1. The Bertz CT molecular complexity index is 930. The molecule has 1 amide bonds. The zero-order chi connectivity index (χ0) is 23.2. The van der Waals surface area contributed by atoms with Crippen molar-refractivity contribution in [2.75, 3.05) is 25.5 Å². The number of methoxy groups -OCH3 is 1. The zero-order valence-electron chi connectivity index (χ0n) is 18.5. The van der Waals surface area contributed by atoms with E-state index in [1.165, 1.54) is 6.07 Å². The van der Waals surface area contributed by atoms with Gasteiger partial charge in [-0.2, -0.15) is 0 Å². The van der Waals surface area contributed by atoms with Crippen molar-refractivity contribution in [3.63, 3.8) is 0 Å². The highest BCUT2D eigenvalue weighted by Crippen LogP contribution is 2.26. The van der Waals surface area contributed by atoms with Crippen molar-refractivity contribution in [1.82, 2.24) is 4.90 Å². The monoisotopic (exact) mass is 444 g/mol. The Labute approximate surface area is 184 Å². The van der Waals surface area contributed by atoms with Crippen molar-refractivity contribution in [2.45, 2.75) is 25.7 Å². The van der Waals surface area contributed by atoms with Gasteiger partial charge in [0, 0.05) is 19.2 Å². The number of ether oxygens (including phenoxy) is 1. The molecule has 0 saturated carbocycles. The summed E-state index contributed by atoms with van der Waals surface area (Å²) in [5.74, 6) is -0.990. The van der Waals surface area contributed by atoms with Gasteiger partial charge in [-0.25, -0.2) is 8.78 Å². The summed E-state index contributed by atoms with van der Waals surface area (Å²) in [5.41, 5.74) is 0.502. The molecule has 0 aliphatic heterocycles. The van der Waals surface area contributed by atoms with Crippen LogP contribution in [0.3, 0.4) is 0 Å². The fourth-order valence-electron chi connectivity index (χ4n) is 3.35. The minimum Gasteiger partial charge on any atom is -0.497 e. The number of benzene rings is 2. The molecule has 0 heterocycles. The summed E-state index contributed by atoms with van der Waals surface area (Å²) in [4.78, 5) is 15.1. The van der Waals surface area contributed by atoms with E-state index in [0.717, 1.165) is 6.07 Å². The first-order chi connectivity index (χ1) is 14.6. The van der Waals surface area contributed by atoms with Crippen molar-refractivity contribution in [3.8, 4) is 5.75 Å². The van der Waals surface area contributed by atoms with Gasteiger partial charge in [-0.05, 0) is 28.9 Å². The van der Waals surface area contributed by atoms with E-state index in [9.17, 15) is 13.6 Å². The predicted molar refractivity (Wildman–Crippen MR) is 126 cm³/mol. The fraction of sp³-hybridized carbons (Fsp3) is 0.292. The van der Waals surface area contributed by atoms with Crippen LogP contribution in [-0.2, 0) is 4.79 Å². The Hall–Kier alpha value is -2.77. The summed E-state index contributed by atoms with van der Waals surface area (Å²) in [7, 11) is -0.507. The molecule has 0 radical (unpaired) electrons. The smallest absolute Gasteiger partial charge is 0.246 e. The molecular weight excluding hydrogens is 414 g/mol. The summed E-state index contributed by atoms with van der Waals surface area (Å²) < 4.78 is 34.6. The number of carbonyl (C=O) groups excluding carboxylic acids is 1. The summed E-state index contributed by atoms with van der Waals surface area (Å²) >= 11 is 0. The van der Waals surface area contributed by atoms with E-state index in [1.807, 2.05) is 24.5 Å². The first-order valence-electron chi connectivity index (χ1n) is 10.0. The van der Waals surface area contributed by atoms with Gasteiger partial charge in [0.25, 0.3) is 0 Å². The van der Waals surface area contributed by atoms with Crippen molar-refractivity contribution >= 4 is 24.9 Å². The number of anilines is 1. The summed E-state index contributed by atoms with van der Waals surface area (Å²) in [6.45, 7) is 14.1. The Morgan fingerprint density at radius 2 is 1.68 bits per heavy atom. The van der Waals surface area contributed by atoms with E-state index in [4.69, 9.17) is 4.74 Å². The van der Waals surface area contributed by atoms with Crippen LogP contribution in [0.2, 0.25) is 19.6 Å². The van der Waals surface area contributed by atoms with Crippen LogP contribution in [0.1, 0.15) is 11.6 Å². The van der Waals surface area contributed by atoms with Gasteiger partial charge in [0.05, 0.1) is 20.9 Å². The number of rotatable bonds is 10. The zero-order valence-corrected chi connectivity index (χ0v) is 19.5. The third-order valence-corrected chi connectivity index (χ3v) is 6.89. The predicted octanol–water partition coefficient (Wildman–Crippen LogP) is 4.87. The maximum Gasteiger partial charge on any atom is 0.246 e. The highest BCUT2D eigenvalue weighted by molar-refractivity contribution is 6.88. The summed E-state index contributed by atoms with van der Waals surface area (Å²) in [5, 5.41) is 2.96. The van der Waals surface area contributed by atoms with E-state index < -0.39 is 31.7 Å². The first-order valence-corrected chi connectivity index (χ1v) is 13.5. The number of hydrogen-bond donors (Lipinski definition) is 1. The van der Waals surface area contributed by atoms with Crippen molar-refractivity contribution in [1.29, 1.82) is 0 Å². The lowest BCUT2D eigenvalue weighted by atomic mass is 10.0. The maximum atomic E-state index is 14.8. The molecule has 7 heteroatoms. The molecule has 2 rings (SSSR count). The molecule has 0 aliphatic carbocycles. The molecule has 0 spiro atoms. The molecule has 0 bridgehead atoms. The van der Waals surface area contributed by atoms with Crippen LogP contribution in [0.25, 0.3) is 0 Å². The summed E-state index contributed by atoms with van der Waals surface area (Å²) in [6, 6.07) is 8.54. The summed E-state index contributed by atoms with van der Waals surface area (Å²) in [6.07, 6.45) is 3.35. The van der Waals surface area contributed by atoms with Crippen LogP contribution in [0.15, 0.2) is 61.7 Å². The van der Waals surface area contributed by atoms with Gasteiger partial charge in [0.1, 0.15) is 23.4 Å². The topological polar surface area (TPSA) is 41.6 Å². The third-order valence-electron chi connectivity index (χ3n) is 4.89. The lowest BCUT2D eigenvalue weighted by Crippen LogP contribution is -2.41. The molecule has 4 nitrogen and oxygen atoms in total. The minimum atomic E-state index is -2.06. The van der Waals surface area contributed by atoms with E-state index in [-0.39, 0.29) is 5.69 Å². The van der Waals surface area contributed by atoms with Crippen LogP contribution in [0, 0.1) is 11.6 Å². The highest BCUT2D eigenvalue weighted by atomic mass is 28.3. The fourth-order valence-corrected chi connectivity index (χ4v) is 4.70. The second-order valence-corrected chi connectivity index (χ2v) is 13.3. The lowest BCUT2D eigenvalue weighted by Gasteiger charge is -2.29. The molecule has 2 aromatic carbocycles. The van der Waals surface area contributed by atoms with Gasteiger partial charge in [0.2, 0.25) is 5.91 Å². The number of amides is 1. The standard InChI is InChI=1S/C24H30F2N2O2Si/c1-7-13-28(14-8-2)23(17-9-11-18(30-3)12-10-17)24(29)27-21-15-20(26)22(16-19(21)25)31(4,5)6/h7-12,15-16,23H,1-2,13-14H2,3-6H3,(H,27,29). The molecule has 1 unspecified atom stereocenters. The largest absolute Gasteiger partial charge is 0.497 e. The molecule has 166 valence electrons. The van der Waals surface area contributed by atoms with E-state index in [0.29, 0.717) is 29.6 Å². The number of nitrogens with zero attached hydrogens (tertiary/aromatic N) is 1. The van der Waals surface area contributed by atoms with Gasteiger partial charge < -0.3 is 10.1 Å². The van der Waals surface area contributed by atoms with Crippen molar-refractivity contribution < 1.29 is 18.3 Å². The molecule has 0 saturated heterocycles. The minimum absolute atomic E-state index is 0.180. The number of hydrogen-bond acceptors (Lipinski definition) is 3. The van der Waals surface area contributed by atoms with Crippen molar-refractivity contribution in [2.24, 2.45) is 0 Å². The average molecular weight is 445 g/mol. The highest BCUT2D eigenvalue weighted by Gasteiger charge is 2.29. The first kappa shape index (κ1) is 24.5. The molecule has 2 aromatic rings. The second kappa shape index (κ2) is 10.5. The normalized spacial score (nSPS) is 12.4. The second-order valence-electron chi connectivity index (χ2n) is 8.26. The van der Waals surface area contributed by atoms with Gasteiger partial charge >= 0.3 is 0 Å². The molecule has 31 heavy (non-hydrogen) atoms. The van der Waals surface area contributed by atoms with Crippen LogP contribution in [0.4, 0.5) is 14.5 Å². The third kappa shape index (κ3) is 6.12. The quantitative estimate of drug-likeness (QED) is 0.420. The van der Waals surface area contributed by atoms with Crippen LogP contribution in [-0.4, -0.2) is 39.1 Å². The Balaban J connectivity index is 2.44. The van der Waals surface area contributed by atoms with E-state index in [1.54, 1.807) is 43.5 Å². The Morgan fingerprint density at radius 3 is 2.16 bits per heavy atom. The van der Waals surface area contributed by atoms with Crippen LogP contribution >= 0.6 is 0 Å². The number of halogens is 2.